The fourth-order valence-electron chi connectivity index (χ4n) is 3.23. The van der Waals surface area contributed by atoms with Crippen molar-refractivity contribution in [2.45, 2.75) is 25.4 Å². The van der Waals surface area contributed by atoms with Gasteiger partial charge in [-0.15, -0.1) is 11.3 Å². The Balaban J connectivity index is 1.64. The molecule has 3 rings (SSSR count). The number of likely N-dealkylation sites (tertiary alicyclic amines) is 1. The molecule has 0 saturated carbocycles. The van der Waals surface area contributed by atoms with Gasteiger partial charge in [0.15, 0.2) is 11.6 Å². The molecule has 2 nitrogen and oxygen atoms in total. The van der Waals surface area contributed by atoms with E-state index in [0.717, 1.165) is 31.5 Å². The lowest BCUT2D eigenvalue weighted by molar-refractivity contribution is 0.149. The molecule has 1 aliphatic rings. The third-order valence-corrected chi connectivity index (χ3v) is 5.00. The van der Waals surface area contributed by atoms with Crippen LogP contribution in [0, 0.1) is 17.6 Å². The smallest absolute Gasteiger partial charge is 0.159 e. The molecule has 5 heteroatoms. The molecule has 1 saturated heterocycles. The predicted octanol–water partition coefficient (Wildman–Crippen LogP) is 3.42. The molecule has 0 spiro atoms. The van der Waals surface area contributed by atoms with E-state index in [4.69, 9.17) is 5.73 Å². The van der Waals surface area contributed by atoms with Gasteiger partial charge in [0.1, 0.15) is 0 Å². The molecule has 1 aliphatic heterocycles. The van der Waals surface area contributed by atoms with E-state index in [1.807, 2.05) is 0 Å². The fraction of sp³-hybridized carbons (Fsp3) is 0.412. The van der Waals surface area contributed by atoms with Crippen LogP contribution >= 0.6 is 11.3 Å². The Kier molecular flexibility index (Phi) is 4.86. The summed E-state index contributed by atoms with van der Waals surface area (Å²) in [6.07, 6.45) is 2.06. The third kappa shape index (κ3) is 3.91. The quantitative estimate of drug-likeness (QED) is 0.934. The normalized spacial score (nSPS) is 22.9. The molecular formula is C17H20F2N2S. The Labute approximate surface area is 133 Å². The topological polar surface area (TPSA) is 29.3 Å². The molecule has 2 N–H and O–H groups in total. The summed E-state index contributed by atoms with van der Waals surface area (Å²) < 4.78 is 26.3. The molecule has 0 amide bonds. The lowest BCUT2D eigenvalue weighted by Crippen LogP contribution is -2.47. The van der Waals surface area contributed by atoms with Crippen LogP contribution in [0.4, 0.5) is 8.78 Å². The van der Waals surface area contributed by atoms with E-state index >= 15 is 0 Å². The molecule has 2 unspecified atom stereocenters. The van der Waals surface area contributed by atoms with E-state index in [1.54, 1.807) is 17.4 Å². The van der Waals surface area contributed by atoms with Crippen molar-refractivity contribution in [3.63, 3.8) is 0 Å². The number of benzene rings is 1. The molecule has 1 fully saturated rings. The number of rotatable bonds is 4. The van der Waals surface area contributed by atoms with Gasteiger partial charge in [-0.05, 0) is 47.9 Å². The van der Waals surface area contributed by atoms with E-state index < -0.39 is 11.6 Å². The Morgan fingerprint density at radius 1 is 1.18 bits per heavy atom. The van der Waals surface area contributed by atoms with E-state index in [1.165, 1.54) is 17.0 Å². The van der Waals surface area contributed by atoms with Gasteiger partial charge in [0.05, 0.1) is 0 Å². The average Bonchev–Trinajstić information content (AvgIpc) is 2.95. The molecule has 1 aromatic carbocycles. The first-order valence-electron chi connectivity index (χ1n) is 7.54. The number of nitrogens with two attached hydrogens (primary N) is 1. The van der Waals surface area contributed by atoms with E-state index in [0.29, 0.717) is 12.5 Å². The van der Waals surface area contributed by atoms with Crippen LogP contribution in [0.2, 0.25) is 0 Å². The third-order valence-electron chi connectivity index (χ3n) is 4.11. The Hall–Kier alpha value is -1.30. The zero-order chi connectivity index (χ0) is 15.5. The van der Waals surface area contributed by atoms with Crippen molar-refractivity contribution in [1.29, 1.82) is 0 Å². The molecule has 2 aromatic rings. The summed E-state index contributed by atoms with van der Waals surface area (Å²) in [4.78, 5) is 3.63. The molecule has 2 heterocycles. The highest BCUT2D eigenvalue weighted by Gasteiger charge is 2.25. The number of nitrogens with zero attached hydrogens (tertiary/aromatic N) is 1. The highest BCUT2D eigenvalue weighted by atomic mass is 32.1. The van der Waals surface area contributed by atoms with Crippen LogP contribution < -0.4 is 5.73 Å². The molecule has 0 radical (unpaired) electrons. The first-order chi connectivity index (χ1) is 10.6. The predicted molar refractivity (Wildman–Crippen MR) is 85.7 cm³/mol. The number of hydrogen-bond acceptors (Lipinski definition) is 3. The molecule has 0 bridgehead atoms. The van der Waals surface area contributed by atoms with Crippen molar-refractivity contribution in [3.8, 4) is 0 Å². The van der Waals surface area contributed by atoms with Crippen molar-refractivity contribution in [2.24, 2.45) is 11.7 Å². The van der Waals surface area contributed by atoms with Crippen LogP contribution in [0.3, 0.4) is 0 Å². The Morgan fingerprint density at radius 2 is 2.05 bits per heavy atom. The van der Waals surface area contributed by atoms with Crippen LogP contribution in [-0.4, -0.2) is 24.0 Å². The molecule has 22 heavy (non-hydrogen) atoms. The first-order valence-corrected chi connectivity index (χ1v) is 8.42. The lowest BCUT2D eigenvalue weighted by atomic mass is 9.91. The summed E-state index contributed by atoms with van der Waals surface area (Å²) in [5.41, 5.74) is 6.97. The average molecular weight is 322 g/mol. The highest BCUT2D eigenvalue weighted by molar-refractivity contribution is 7.09. The van der Waals surface area contributed by atoms with Gasteiger partial charge in [-0.2, -0.15) is 0 Å². The molecular weight excluding hydrogens is 302 g/mol. The number of thiophene rings is 1. The van der Waals surface area contributed by atoms with Crippen molar-refractivity contribution in [2.75, 3.05) is 13.1 Å². The van der Waals surface area contributed by atoms with E-state index in [9.17, 15) is 8.78 Å². The first kappa shape index (κ1) is 15.6. The zero-order valence-electron chi connectivity index (χ0n) is 12.3. The van der Waals surface area contributed by atoms with Gasteiger partial charge >= 0.3 is 0 Å². The summed E-state index contributed by atoms with van der Waals surface area (Å²) in [7, 11) is 0. The second-order valence-corrected chi connectivity index (χ2v) is 7.12. The van der Waals surface area contributed by atoms with E-state index in [2.05, 4.69) is 22.4 Å². The maximum atomic E-state index is 13.3. The van der Waals surface area contributed by atoms with Gasteiger partial charge in [-0.1, -0.05) is 12.1 Å². The minimum absolute atomic E-state index is 0.143. The van der Waals surface area contributed by atoms with Crippen LogP contribution in [0.15, 0.2) is 35.7 Å². The van der Waals surface area contributed by atoms with Gasteiger partial charge in [-0.25, -0.2) is 8.78 Å². The summed E-state index contributed by atoms with van der Waals surface area (Å²) in [6.45, 7) is 2.37. The standard InChI is InChI=1S/C17H20F2N2S/c18-16-4-3-12(8-17(16)19)9-21-10-13(6-14(20)11-21)7-15-2-1-5-22-15/h1-5,8,13-14H,6-7,9-11,20H2. The van der Waals surface area contributed by atoms with Crippen molar-refractivity contribution in [1.82, 2.24) is 4.90 Å². The van der Waals surface area contributed by atoms with Crippen LogP contribution in [-0.2, 0) is 13.0 Å². The van der Waals surface area contributed by atoms with Gasteiger partial charge in [0.2, 0.25) is 0 Å². The monoisotopic (exact) mass is 322 g/mol. The van der Waals surface area contributed by atoms with E-state index in [-0.39, 0.29) is 6.04 Å². The molecule has 2 atom stereocenters. The minimum atomic E-state index is -0.797. The maximum absolute atomic E-state index is 13.3. The second kappa shape index (κ2) is 6.86. The van der Waals surface area contributed by atoms with Crippen molar-refractivity contribution in [3.05, 3.63) is 57.8 Å². The summed E-state index contributed by atoms with van der Waals surface area (Å²) in [5, 5.41) is 2.09. The Bertz CT molecular complexity index is 615. The summed E-state index contributed by atoms with van der Waals surface area (Å²) in [5.74, 6) is -1.06. The molecule has 1 aromatic heterocycles. The highest BCUT2D eigenvalue weighted by Crippen LogP contribution is 2.24. The largest absolute Gasteiger partial charge is 0.327 e. The number of hydrogen-bond donors (Lipinski definition) is 1. The van der Waals surface area contributed by atoms with Gasteiger partial charge < -0.3 is 5.73 Å². The maximum Gasteiger partial charge on any atom is 0.159 e. The number of piperidine rings is 1. The van der Waals surface area contributed by atoms with Gasteiger partial charge in [0.25, 0.3) is 0 Å². The van der Waals surface area contributed by atoms with Crippen LogP contribution in [0.25, 0.3) is 0 Å². The van der Waals surface area contributed by atoms with Crippen LogP contribution in [0.5, 0.6) is 0 Å². The molecule has 0 aliphatic carbocycles. The summed E-state index contributed by atoms with van der Waals surface area (Å²) >= 11 is 1.78. The minimum Gasteiger partial charge on any atom is -0.327 e. The SMILES string of the molecule is NC1CC(Cc2cccs2)CN(Cc2ccc(F)c(F)c2)C1. The fourth-order valence-corrected chi connectivity index (χ4v) is 4.06. The lowest BCUT2D eigenvalue weighted by Gasteiger charge is -2.36. The Morgan fingerprint density at radius 3 is 2.77 bits per heavy atom. The zero-order valence-corrected chi connectivity index (χ0v) is 13.2. The van der Waals surface area contributed by atoms with Gasteiger partial charge in [-0.3, -0.25) is 4.90 Å². The van der Waals surface area contributed by atoms with Crippen LogP contribution in [0.1, 0.15) is 16.9 Å². The number of halogens is 2. The summed E-state index contributed by atoms with van der Waals surface area (Å²) in [6, 6.07) is 8.49. The molecule has 118 valence electrons. The van der Waals surface area contributed by atoms with Crippen molar-refractivity contribution >= 4 is 11.3 Å². The van der Waals surface area contributed by atoms with Gasteiger partial charge in [0, 0.05) is 30.6 Å². The second-order valence-electron chi connectivity index (χ2n) is 6.09. The van der Waals surface area contributed by atoms with Crippen molar-refractivity contribution < 1.29 is 8.78 Å².